The van der Waals surface area contributed by atoms with Crippen molar-refractivity contribution in [3.63, 3.8) is 0 Å². The van der Waals surface area contributed by atoms with Crippen LogP contribution in [-0.2, 0) is 18.4 Å². The highest BCUT2D eigenvalue weighted by Crippen LogP contribution is 2.14. The summed E-state index contributed by atoms with van der Waals surface area (Å²) in [7, 11) is 3.74. The fraction of sp³-hybridized carbons (Fsp3) is 0.727. The summed E-state index contributed by atoms with van der Waals surface area (Å²) in [6.07, 6.45) is 3.81. The Labute approximate surface area is 97.2 Å². The van der Waals surface area contributed by atoms with Crippen molar-refractivity contribution >= 4 is 6.29 Å². The van der Waals surface area contributed by atoms with Gasteiger partial charge in [0.25, 0.3) is 0 Å². The summed E-state index contributed by atoms with van der Waals surface area (Å²) >= 11 is 0. The van der Waals surface area contributed by atoms with Crippen molar-refractivity contribution in [1.29, 1.82) is 0 Å². The smallest absolute Gasteiger partial charge is 0.125 e. The van der Waals surface area contributed by atoms with E-state index in [0.29, 0.717) is 0 Å². The van der Waals surface area contributed by atoms with Crippen LogP contribution in [-0.4, -0.2) is 28.3 Å². The van der Waals surface area contributed by atoms with E-state index in [9.17, 15) is 4.79 Å². The Morgan fingerprint density at radius 1 is 1.56 bits per heavy atom. The van der Waals surface area contributed by atoms with E-state index < -0.39 is 0 Å². The molecule has 1 aromatic heterocycles. The summed E-state index contributed by atoms with van der Waals surface area (Å²) in [5.41, 5.74) is 0.875. The van der Waals surface area contributed by atoms with E-state index in [4.69, 9.17) is 0 Å². The van der Waals surface area contributed by atoms with Crippen LogP contribution >= 0.6 is 0 Å². The summed E-state index contributed by atoms with van der Waals surface area (Å²) in [5, 5.41) is 10.6. The van der Waals surface area contributed by atoms with Crippen LogP contribution in [0.1, 0.15) is 32.9 Å². The molecule has 92 valence electrons. The first kappa shape index (κ1) is 14.8. The molecule has 5 heteroatoms. The first-order valence-electron chi connectivity index (χ1n) is 5.41. The van der Waals surface area contributed by atoms with Crippen molar-refractivity contribution in [3.8, 4) is 0 Å². The van der Waals surface area contributed by atoms with Crippen molar-refractivity contribution in [2.75, 3.05) is 7.05 Å². The normalized spacial score (nSPS) is 10.6. The van der Waals surface area contributed by atoms with Crippen LogP contribution in [0.5, 0.6) is 0 Å². The SMILES string of the molecule is CCC(C)(C)C=O.CNCc1cn(C)nn1. The highest BCUT2D eigenvalue weighted by atomic mass is 16.1. The molecular weight excluding hydrogens is 204 g/mol. The zero-order valence-corrected chi connectivity index (χ0v) is 10.8. The van der Waals surface area contributed by atoms with Crippen LogP contribution in [0.4, 0.5) is 0 Å². The third-order valence-electron chi connectivity index (χ3n) is 2.24. The van der Waals surface area contributed by atoms with Crippen LogP contribution in [0.3, 0.4) is 0 Å². The Bertz CT molecular complexity index is 307. The molecule has 0 bridgehead atoms. The predicted molar refractivity (Wildman–Crippen MR) is 63.9 cm³/mol. The molecule has 0 saturated carbocycles. The average Bonchev–Trinajstić information content (AvgIpc) is 2.66. The van der Waals surface area contributed by atoms with Gasteiger partial charge >= 0.3 is 0 Å². The lowest BCUT2D eigenvalue weighted by Crippen LogP contribution is -2.09. The van der Waals surface area contributed by atoms with E-state index in [1.54, 1.807) is 4.68 Å². The lowest BCUT2D eigenvalue weighted by atomic mass is 9.93. The van der Waals surface area contributed by atoms with Crippen molar-refractivity contribution in [3.05, 3.63) is 11.9 Å². The molecule has 0 fully saturated rings. The molecule has 1 aromatic rings. The highest BCUT2D eigenvalue weighted by Gasteiger charge is 2.11. The minimum atomic E-state index is -0.0972. The van der Waals surface area contributed by atoms with Gasteiger partial charge in [0.05, 0.1) is 5.69 Å². The number of aromatic nitrogens is 3. The summed E-state index contributed by atoms with van der Waals surface area (Å²) < 4.78 is 1.69. The Hall–Kier alpha value is -1.23. The molecule has 0 aliphatic rings. The minimum Gasteiger partial charge on any atom is -0.314 e. The molecule has 1 rings (SSSR count). The molecule has 0 aliphatic carbocycles. The van der Waals surface area contributed by atoms with Crippen molar-refractivity contribution < 1.29 is 4.79 Å². The number of rotatable bonds is 4. The standard InChI is InChI=1S/C6H12O.C5H10N4/c1-4-6(2,3)5-7;1-6-3-5-4-9(2)8-7-5/h5H,4H2,1-3H3;4,6H,3H2,1-2H3. The zero-order valence-electron chi connectivity index (χ0n) is 10.8. The van der Waals surface area contributed by atoms with E-state index >= 15 is 0 Å². The second-order valence-corrected chi connectivity index (χ2v) is 4.37. The molecule has 1 N–H and O–H groups in total. The molecule has 1 heterocycles. The van der Waals surface area contributed by atoms with Gasteiger partial charge in [-0.3, -0.25) is 4.68 Å². The van der Waals surface area contributed by atoms with Crippen molar-refractivity contribution in [2.45, 2.75) is 33.7 Å². The first-order chi connectivity index (χ1) is 7.45. The van der Waals surface area contributed by atoms with Crippen molar-refractivity contribution in [1.82, 2.24) is 20.3 Å². The molecule has 0 aromatic carbocycles. The maximum atomic E-state index is 10.1. The van der Waals surface area contributed by atoms with Gasteiger partial charge in [-0.1, -0.05) is 26.0 Å². The summed E-state index contributed by atoms with van der Waals surface area (Å²) in [5.74, 6) is 0. The van der Waals surface area contributed by atoms with Gasteiger partial charge in [-0.05, 0) is 13.5 Å². The van der Waals surface area contributed by atoms with Crippen LogP contribution in [0.15, 0.2) is 6.20 Å². The van der Waals surface area contributed by atoms with Gasteiger partial charge in [0.15, 0.2) is 0 Å². The van der Waals surface area contributed by atoms with Gasteiger partial charge in [-0.25, -0.2) is 0 Å². The Kier molecular flexibility index (Phi) is 6.56. The maximum absolute atomic E-state index is 10.1. The quantitative estimate of drug-likeness (QED) is 0.783. The number of hydrogen-bond donors (Lipinski definition) is 1. The van der Waals surface area contributed by atoms with Crippen LogP contribution in [0.2, 0.25) is 0 Å². The fourth-order valence-electron chi connectivity index (χ4n) is 0.741. The van der Waals surface area contributed by atoms with Crippen LogP contribution < -0.4 is 5.32 Å². The molecule has 16 heavy (non-hydrogen) atoms. The zero-order chi connectivity index (χ0) is 12.6. The third-order valence-corrected chi connectivity index (χ3v) is 2.24. The number of nitrogens with zero attached hydrogens (tertiary/aromatic N) is 3. The molecule has 0 spiro atoms. The molecule has 0 saturated heterocycles. The lowest BCUT2D eigenvalue weighted by molar-refractivity contribution is -0.114. The maximum Gasteiger partial charge on any atom is 0.125 e. The van der Waals surface area contributed by atoms with Crippen LogP contribution in [0.25, 0.3) is 0 Å². The van der Waals surface area contributed by atoms with Gasteiger partial charge in [0.2, 0.25) is 0 Å². The summed E-state index contributed by atoms with van der Waals surface area (Å²) in [6, 6.07) is 0. The number of nitrogens with one attached hydrogen (secondary N) is 1. The van der Waals surface area contributed by atoms with Gasteiger partial charge in [-0.2, -0.15) is 0 Å². The minimum absolute atomic E-state index is 0.0972. The number of carbonyl (C=O) groups excluding carboxylic acids is 1. The van der Waals surface area contributed by atoms with E-state index in [2.05, 4.69) is 15.6 Å². The summed E-state index contributed by atoms with van der Waals surface area (Å²) in [6.45, 7) is 6.66. The lowest BCUT2D eigenvalue weighted by Gasteiger charge is -2.10. The number of hydrogen-bond acceptors (Lipinski definition) is 4. The Morgan fingerprint density at radius 2 is 2.19 bits per heavy atom. The molecule has 0 aliphatic heterocycles. The largest absolute Gasteiger partial charge is 0.314 e. The van der Waals surface area contributed by atoms with Gasteiger partial charge in [0, 0.05) is 25.2 Å². The molecule has 5 nitrogen and oxygen atoms in total. The van der Waals surface area contributed by atoms with Gasteiger partial charge in [-0.15, -0.1) is 5.10 Å². The number of carbonyl (C=O) groups is 1. The average molecular weight is 226 g/mol. The third kappa shape index (κ3) is 6.29. The van der Waals surface area contributed by atoms with E-state index in [-0.39, 0.29) is 5.41 Å². The number of aldehydes is 1. The first-order valence-corrected chi connectivity index (χ1v) is 5.41. The molecular formula is C11H22N4O. The number of aryl methyl sites for hydroxylation is 1. The molecule has 0 radical (unpaired) electrons. The van der Waals surface area contributed by atoms with Gasteiger partial charge in [0.1, 0.15) is 6.29 Å². The second kappa shape index (κ2) is 7.11. The molecule has 0 unspecified atom stereocenters. The highest BCUT2D eigenvalue weighted by molar-refractivity contribution is 5.57. The van der Waals surface area contributed by atoms with E-state index in [1.807, 2.05) is 41.1 Å². The van der Waals surface area contributed by atoms with Gasteiger partial charge < -0.3 is 10.1 Å². The van der Waals surface area contributed by atoms with Crippen molar-refractivity contribution in [2.24, 2.45) is 12.5 Å². The monoisotopic (exact) mass is 226 g/mol. The predicted octanol–water partition coefficient (Wildman–Crippen LogP) is 1.16. The van der Waals surface area contributed by atoms with E-state index in [0.717, 1.165) is 24.9 Å². The molecule has 0 atom stereocenters. The topological polar surface area (TPSA) is 59.8 Å². The fourth-order valence-corrected chi connectivity index (χ4v) is 0.741. The Balaban J connectivity index is 0.000000293. The Morgan fingerprint density at radius 3 is 2.44 bits per heavy atom. The summed E-state index contributed by atoms with van der Waals surface area (Å²) in [4.78, 5) is 10.1. The van der Waals surface area contributed by atoms with E-state index in [1.165, 1.54) is 0 Å². The van der Waals surface area contributed by atoms with Crippen LogP contribution in [0, 0.1) is 5.41 Å². The molecule has 0 amide bonds. The second-order valence-electron chi connectivity index (χ2n) is 4.37.